The monoisotopic (exact) mass is 308 g/mol. The maximum atomic E-state index is 6.04. The van der Waals surface area contributed by atoms with Crippen LogP contribution in [-0.4, -0.2) is 17.1 Å². The Morgan fingerprint density at radius 3 is 2.83 bits per heavy atom. The predicted molar refractivity (Wildman–Crippen MR) is 94.0 cm³/mol. The molecular formula is C20H24N2O. The Balaban J connectivity index is 1.57. The summed E-state index contributed by atoms with van der Waals surface area (Å²) in [5.74, 6) is 0.763. The second kappa shape index (κ2) is 6.23. The fraction of sp³-hybridized carbons (Fsp3) is 0.450. The van der Waals surface area contributed by atoms with Gasteiger partial charge in [-0.3, -0.25) is 0 Å². The summed E-state index contributed by atoms with van der Waals surface area (Å²) in [5.41, 5.74) is 4.84. The van der Waals surface area contributed by atoms with Crippen molar-refractivity contribution < 1.29 is 4.74 Å². The van der Waals surface area contributed by atoms with Crippen LogP contribution < -0.4 is 10.1 Å². The Labute approximate surface area is 138 Å². The lowest BCUT2D eigenvalue weighted by atomic mass is 9.96. The zero-order chi connectivity index (χ0) is 15.6. The van der Waals surface area contributed by atoms with E-state index in [0.29, 0.717) is 12.1 Å². The topological polar surface area (TPSA) is 34.1 Å². The Kier molecular flexibility index (Phi) is 3.94. The Morgan fingerprint density at radius 2 is 1.96 bits per heavy atom. The normalized spacial score (nSPS) is 20.8. The van der Waals surface area contributed by atoms with Crippen molar-refractivity contribution in [1.29, 1.82) is 0 Å². The van der Waals surface area contributed by atoms with E-state index < -0.39 is 0 Å². The smallest absolute Gasteiger partial charge is 0.214 e. The number of benzene rings is 1. The van der Waals surface area contributed by atoms with Crippen LogP contribution in [0.2, 0.25) is 0 Å². The summed E-state index contributed by atoms with van der Waals surface area (Å²) in [5, 5.41) is 3.55. The van der Waals surface area contributed by atoms with Crippen LogP contribution >= 0.6 is 0 Å². The predicted octanol–water partition coefficient (Wildman–Crippen LogP) is 4.82. The number of aromatic nitrogens is 1. The minimum absolute atomic E-state index is 0.354. The summed E-state index contributed by atoms with van der Waals surface area (Å²) < 4.78 is 6.04. The van der Waals surface area contributed by atoms with Crippen LogP contribution in [0.15, 0.2) is 36.4 Å². The van der Waals surface area contributed by atoms with Crippen LogP contribution in [0, 0.1) is 0 Å². The maximum absolute atomic E-state index is 6.04. The number of hydrogen-bond acceptors (Lipinski definition) is 3. The van der Waals surface area contributed by atoms with Gasteiger partial charge in [0, 0.05) is 23.4 Å². The third kappa shape index (κ3) is 3.19. The third-order valence-corrected chi connectivity index (χ3v) is 4.96. The molecular weight excluding hydrogens is 284 g/mol. The van der Waals surface area contributed by atoms with Gasteiger partial charge in [0.25, 0.3) is 0 Å². The van der Waals surface area contributed by atoms with Crippen LogP contribution in [0.25, 0.3) is 11.3 Å². The highest BCUT2D eigenvalue weighted by atomic mass is 16.5. The molecule has 1 aliphatic carbocycles. The first-order valence-electron chi connectivity index (χ1n) is 8.81. The van der Waals surface area contributed by atoms with Crippen molar-refractivity contribution in [1.82, 2.24) is 4.98 Å². The lowest BCUT2D eigenvalue weighted by Gasteiger charge is -2.24. The lowest BCUT2D eigenvalue weighted by Crippen LogP contribution is -2.21. The minimum Gasteiger partial charge on any atom is -0.474 e. The molecule has 4 rings (SSSR count). The van der Waals surface area contributed by atoms with Gasteiger partial charge in [0.05, 0.1) is 5.69 Å². The molecule has 1 saturated carbocycles. The summed E-state index contributed by atoms with van der Waals surface area (Å²) in [4.78, 5) is 4.73. The van der Waals surface area contributed by atoms with Gasteiger partial charge >= 0.3 is 0 Å². The molecule has 3 nitrogen and oxygen atoms in total. The van der Waals surface area contributed by atoms with Crippen molar-refractivity contribution in [2.45, 2.75) is 57.6 Å². The number of ether oxygens (including phenoxy) is 1. The number of fused-ring (bicyclic) bond motifs is 1. The molecule has 0 spiro atoms. The number of nitrogens with one attached hydrogen (secondary N) is 1. The third-order valence-electron chi connectivity index (χ3n) is 4.96. The number of pyridine rings is 1. The SMILES string of the molecule is CC1CCc2cc(-c3cccc(OC4CCCC4)n3)ccc2N1. The summed E-state index contributed by atoms with van der Waals surface area (Å²) in [6.45, 7) is 2.24. The molecule has 23 heavy (non-hydrogen) atoms. The van der Waals surface area contributed by atoms with E-state index in [2.05, 4.69) is 36.5 Å². The molecule has 0 amide bonds. The molecule has 0 radical (unpaired) electrons. The summed E-state index contributed by atoms with van der Waals surface area (Å²) in [6, 6.07) is 13.3. The quantitative estimate of drug-likeness (QED) is 0.883. The van der Waals surface area contributed by atoms with Crippen LogP contribution in [-0.2, 0) is 6.42 Å². The van der Waals surface area contributed by atoms with Crippen LogP contribution in [0.5, 0.6) is 5.88 Å². The number of nitrogens with zero attached hydrogens (tertiary/aromatic N) is 1. The van der Waals surface area contributed by atoms with Crippen molar-refractivity contribution in [3.8, 4) is 17.1 Å². The van der Waals surface area contributed by atoms with Gasteiger partial charge in [0.15, 0.2) is 0 Å². The molecule has 1 aromatic heterocycles. The molecule has 2 heterocycles. The number of aryl methyl sites for hydroxylation is 1. The van der Waals surface area contributed by atoms with Crippen molar-refractivity contribution in [2.24, 2.45) is 0 Å². The summed E-state index contributed by atoms with van der Waals surface area (Å²) in [7, 11) is 0. The molecule has 2 aromatic rings. The van der Waals surface area contributed by atoms with Crippen LogP contribution in [0.4, 0.5) is 5.69 Å². The van der Waals surface area contributed by atoms with Gasteiger partial charge in [-0.2, -0.15) is 0 Å². The van der Waals surface area contributed by atoms with Gasteiger partial charge in [-0.25, -0.2) is 4.98 Å². The average Bonchev–Trinajstić information content (AvgIpc) is 3.07. The van der Waals surface area contributed by atoms with Gasteiger partial charge in [0.2, 0.25) is 5.88 Å². The first kappa shape index (κ1) is 14.6. The molecule has 1 N–H and O–H groups in total. The average molecular weight is 308 g/mol. The van der Waals surface area contributed by atoms with E-state index in [1.807, 2.05) is 12.1 Å². The van der Waals surface area contributed by atoms with Crippen molar-refractivity contribution in [2.75, 3.05) is 5.32 Å². The zero-order valence-corrected chi connectivity index (χ0v) is 13.7. The van der Waals surface area contributed by atoms with E-state index in [1.165, 1.54) is 36.1 Å². The first-order valence-corrected chi connectivity index (χ1v) is 8.81. The largest absolute Gasteiger partial charge is 0.474 e. The number of rotatable bonds is 3. The van der Waals surface area contributed by atoms with Gasteiger partial charge in [0.1, 0.15) is 6.10 Å². The van der Waals surface area contributed by atoms with Crippen LogP contribution in [0.1, 0.15) is 44.6 Å². The van der Waals surface area contributed by atoms with Crippen molar-refractivity contribution in [3.63, 3.8) is 0 Å². The van der Waals surface area contributed by atoms with E-state index in [-0.39, 0.29) is 0 Å². The molecule has 0 saturated heterocycles. The van der Waals surface area contributed by atoms with Gasteiger partial charge in [-0.1, -0.05) is 12.1 Å². The van der Waals surface area contributed by atoms with E-state index in [4.69, 9.17) is 9.72 Å². The molecule has 3 heteroatoms. The fourth-order valence-electron chi connectivity index (χ4n) is 3.63. The van der Waals surface area contributed by atoms with Crippen molar-refractivity contribution in [3.05, 3.63) is 42.0 Å². The Morgan fingerprint density at radius 1 is 1.09 bits per heavy atom. The van der Waals surface area contributed by atoms with E-state index in [1.54, 1.807) is 0 Å². The number of anilines is 1. The Bertz CT molecular complexity index is 692. The highest BCUT2D eigenvalue weighted by Gasteiger charge is 2.18. The molecule has 1 atom stereocenters. The molecule has 1 aliphatic heterocycles. The Hall–Kier alpha value is -2.03. The van der Waals surface area contributed by atoms with E-state index in [9.17, 15) is 0 Å². The first-order chi connectivity index (χ1) is 11.3. The van der Waals surface area contributed by atoms with Gasteiger partial charge in [-0.15, -0.1) is 0 Å². The van der Waals surface area contributed by atoms with Gasteiger partial charge in [-0.05, 0) is 69.2 Å². The molecule has 1 fully saturated rings. The summed E-state index contributed by atoms with van der Waals surface area (Å²) in [6.07, 6.45) is 7.56. The van der Waals surface area contributed by atoms with E-state index in [0.717, 1.165) is 30.8 Å². The summed E-state index contributed by atoms with van der Waals surface area (Å²) >= 11 is 0. The molecule has 2 aliphatic rings. The number of hydrogen-bond donors (Lipinski definition) is 1. The lowest BCUT2D eigenvalue weighted by molar-refractivity contribution is 0.201. The molecule has 0 bridgehead atoms. The highest BCUT2D eigenvalue weighted by molar-refractivity contribution is 5.67. The zero-order valence-electron chi connectivity index (χ0n) is 13.7. The molecule has 1 unspecified atom stereocenters. The highest BCUT2D eigenvalue weighted by Crippen LogP contribution is 2.30. The minimum atomic E-state index is 0.354. The van der Waals surface area contributed by atoms with E-state index >= 15 is 0 Å². The maximum Gasteiger partial charge on any atom is 0.214 e. The fourth-order valence-corrected chi connectivity index (χ4v) is 3.63. The van der Waals surface area contributed by atoms with Gasteiger partial charge < -0.3 is 10.1 Å². The second-order valence-corrected chi connectivity index (χ2v) is 6.84. The van der Waals surface area contributed by atoms with Crippen molar-refractivity contribution >= 4 is 5.69 Å². The van der Waals surface area contributed by atoms with Crippen LogP contribution in [0.3, 0.4) is 0 Å². The second-order valence-electron chi connectivity index (χ2n) is 6.84. The standard InChI is InChI=1S/C20H24N2O/c1-14-9-10-15-13-16(11-12-19(15)21-14)18-7-4-8-20(22-18)23-17-5-2-3-6-17/h4,7-8,11-14,17,21H,2-3,5-6,9-10H2,1H3. The molecule has 1 aromatic carbocycles. The molecule has 120 valence electrons.